The summed E-state index contributed by atoms with van der Waals surface area (Å²) in [6.07, 6.45) is 0. The quantitative estimate of drug-likeness (QED) is 0.233. The van der Waals surface area contributed by atoms with Crippen LogP contribution in [-0.4, -0.2) is 46.9 Å². The van der Waals surface area contributed by atoms with Crippen molar-refractivity contribution in [2.24, 2.45) is 0 Å². The normalized spacial score (nSPS) is 12.9. The Hall–Kier alpha value is -5.44. The van der Waals surface area contributed by atoms with Crippen LogP contribution >= 0.6 is 0 Å². The lowest BCUT2D eigenvalue weighted by Gasteiger charge is -2.16. The molecule has 0 aliphatic heterocycles. The van der Waals surface area contributed by atoms with Gasteiger partial charge in [0.05, 0.1) is 22.5 Å². The van der Waals surface area contributed by atoms with Crippen LogP contribution in [-0.2, 0) is 13.1 Å². The minimum Gasteiger partial charge on any atom is -0.314 e. The van der Waals surface area contributed by atoms with E-state index in [-0.39, 0.29) is 22.7 Å². The molecule has 0 radical (unpaired) electrons. The number of benzene rings is 4. The molecule has 6 aromatic rings. The Balaban J connectivity index is 0.956. The molecule has 0 bridgehead atoms. The van der Waals surface area contributed by atoms with Crippen LogP contribution in [0.15, 0.2) is 107 Å². The van der Waals surface area contributed by atoms with Crippen LogP contribution in [0.5, 0.6) is 0 Å². The molecular weight excluding hydrogens is 576 g/mol. The monoisotopic (exact) mass is 606 g/mol. The predicted octanol–water partition coefficient (Wildman–Crippen LogP) is 4.62. The maximum absolute atomic E-state index is 13.6. The van der Waals surface area contributed by atoms with Crippen molar-refractivity contribution in [2.45, 2.75) is 13.1 Å². The maximum atomic E-state index is 13.6. The number of aromatic nitrogens is 2. The fourth-order valence-corrected chi connectivity index (χ4v) is 7.09. The van der Waals surface area contributed by atoms with Gasteiger partial charge in [0.1, 0.15) is 0 Å². The summed E-state index contributed by atoms with van der Waals surface area (Å²) in [7, 11) is 0. The van der Waals surface area contributed by atoms with E-state index in [1.165, 1.54) is 0 Å². The molecule has 2 aliphatic carbocycles. The smallest absolute Gasteiger partial charge is 0.258 e. The van der Waals surface area contributed by atoms with Gasteiger partial charge in [0.25, 0.3) is 11.1 Å². The Morgan fingerprint density at radius 1 is 0.413 bits per heavy atom. The van der Waals surface area contributed by atoms with Crippen molar-refractivity contribution in [3.63, 3.8) is 0 Å². The highest BCUT2D eigenvalue weighted by Crippen LogP contribution is 2.40. The zero-order valence-electron chi connectivity index (χ0n) is 25.0. The van der Waals surface area contributed by atoms with Crippen molar-refractivity contribution in [2.75, 3.05) is 26.2 Å². The van der Waals surface area contributed by atoms with Gasteiger partial charge < -0.3 is 19.8 Å². The maximum Gasteiger partial charge on any atom is 0.258 e. The molecule has 0 saturated carbocycles. The third kappa shape index (κ3) is 4.22. The Morgan fingerprint density at radius 3 is 1.17 bits per heavy atom. The van der Waals surface area contributed by atoms with Gasteiger partial charge in [-0.1, -0.05) is 84.9 Å². The molecule has 0 amide bonds. The van der Waals surface area contributed by atoms with E-state index in [1.807, 2.05) is 84.9 Å². The molecule has 0 fully saturated rings. The van der Waals surface area contributed by atoms with Gasteiger partial charge in [-0.15, -0.1) is 0 Å². The average Bonchev–Trinajstić information content (AvgIpc) is 3.56. The molecule has 2 heterocycles. The molecule has 226 valence electrons. The summed E-state index contributed by atoms with van der Waals surface area (Å²) >= 11 is 0. The first kappa shape index (κ1) is 28.1. The van der Waals surface area contributed by atoms with Crippen molar-refractivity contribution in [3.8, 4) is 22.5 Å². The SMILES string of the molecule is O=C1c2ccccc2-c2c1c1ccccc1c(=O)n2CCNCCNCCn1c2c(c3ccccc3c1=O)C(=O)c1ccccc1-2. The Morgan fingerprint density at radius 2 is 0.761 bits per heavy atom. The summed E-state index contributed by atoms with van der Waals surface area (Å²) in [6, 6.07) is 29.6. The lowest BCUT2D eigenvalue weighted by molar-refractivity contribution is 0.103. The molecule has 2 aliphatic rings. The van der Waals surface area contributed by atoms with Crippen molar-refractivity contribution in [3.05, 3.63) is 140 Å². The van der Waals surface area contributed by atoms with Crippen molar-refractivity contribution < 1.29 is 9.59 Å². The topological polar surface area (TPSA) is 102 Å². The van der Waals surface area contributed by atoms with E-state index in [4.69, 9.17) is 0 Å². The second kappa shape index (κ2) is 11.2. The molecule has 4 aromatic carbocycles. The summed E-state index contributed by atoms with van der Waals surface area (Å²) in [4.78, 5) is 54.0. The van der Waals surface area contributed by atoms with Gasteiger partial charge >= 0.3 is 0 Å². The van der Waals surface area contributed by atoms with Crippen LogP contribution in [0.4, 0.5) is 0 Å². The lowest BCUT2D eigenvalue weighted by atomic mass is 10.0. The number of hydrogen-bond acceptors (Lipinski definition) is 6. The minimum absolute atomic E-state index is 0.0447. The summed E-state index contributed by atoms with van der Waals surface area (Å²) in [6.45, 7) is 3.20. The second-order valence-corrected chi connectivity index (χ2v) is 11.7. The first-order valence-corrected chi connectivity index (χ1v) is 15.6. The van der Waals surface area contributed by atoms with E-state index in [1.54, 1.807) is 21.3 Å². The van der Waals surface area contributed by atoms with Crippen LogP contribution in [0.2, 0.25) is 0 Å². The molecule has 0 spiro atoms. The first-order valence-electron chi connectivity index (χ1n) is 15.6. The van der Waals surface area contributed by atoms with E-state index < -0.39 is 0 Å². The Kier molecular flexibility index (Phi) is 6.82. The third-order valence-electron chi connectivity index (χ3n) is 9.17. The minimum atomic E-state index is -0.104. The summed E-state index contributed by atoms with van der Waals surface area (Å²) in [5.41, 5.74) is 5.22. The molecule has 0 atom stereocenters. The van der Waals surface area contributed by atoms with Gasteiger partial charge in [0.15, 0.2) is 11.6 Å². The second-order valence-electron chi connectivity index (χ2n) is 11.7. The Bertz CT molecular complexity index is 2200. The number of nitrogens with one attached hydrogen (secondary N) is 2. The summed E-state index contributed by atoms with van der Waals surface area (Å²) < 4.78 is 3.46. The predicted molar refractivity (Wildman–Crippen MR) is 180 cm³/mol. The third-order valence-corrected chi connectivity index (χ3v) is 9.17. The molecule has 2 N–H and O–H groups in total. The largest absolute Gasteiger partial charge is 0.314 e. The van der Waals surface area contributed by atoms with Crippen molar-refractivity contribution in [1.82, 2.24) is 19.8 Å². The molecular formula is C38H30N4O4. The van der Waals surface area contributed by atoms with Crippen LogP contribution in [0.25, 0.3) is 44.1 Å². The number of nitrogens with zero attached hydrogens (tertiary/aromatic N) is 2. The van der Waals surface area contributed by atoms with Gasteiger partial charge in [-0.25, -0.2) is 0 Å². The molecule has 0 unspecified atom stereocenters. The number of fused-ring (bicyclic) bond motifs is 10. The van der Waals surface area contributed by atoms with Gasteiger partial charge in [-0.2, -0.15) is 0 Å². The van der Waals surface area contributed by atoms with E-state index in [0.29, 0.717) is 94.5 Å². The zero-order valence-corrected chi connectivity index (χ0v) is 25.0. The van der Waals surface area contributed by atoms with Crippen LogP contribution in [0, 0.1) is 0 Å². The van der Waals surface area contributed by atoms with Gasteiger partial charge in [0.2, 0.25) is 0 Å². The van der Waals surface area contributed by atoms with Crippen molar-refractivity contribution >= 4 is 33.1 Å². The molecule has 8 rings (SSSR count). The Labute approximate surface area is 263 Å². The number of carbonyl (C=O) groups is 2. The van der Waals surface area contributed by atoms with Crippen LogP contribution in [0.3, 0.4) is 0 Å². The summed E-state index contributed by atoms with van der Waals surface area (Å²) in [5.74, 6) is -0.0894. The van der Waals surface area contributed by atoms with E-state index in [0.717, 1.165) is 11.1 Å². The number of pyridine rings is 2. The number of ketones is 2. The fourth-order valence-electron chi connectivity index (χ4n) is 7.09. The number of hydrogen-bond donors (Lipinski definition) is 2. The van der Waals surface area contributed by atoms with E-state index in [9.17, 15) is 19.2 Å². The molecule has 0 saturated heterocycles. The molecule has 8 nitrogen and oxygen atoms in total. The highest BCUT2D eigenvalue weighted by molar-refractivity contribution is 6.27. The van der Waals surface area contributed by atoms with Gasteiger partial charge in [-0.05, 0) is 12.1 Å². The van der Waals surface area contributed by atoms with Crippen molar-refractivity contribution in [1.29, 1.82) is 0 Å². The highest BCUT2D eigenvalue weighted by atomic mass is 16.1. The standard InChI is InChI=1S/C38H30N4O4/c43-35-27-13-5-3-11-25(27)33-31(35)23-9-1-7-15-29(23)37(45)41(33)21-19-39-17-18-40-20-22-42-34-26-12-4-6-14-28(26)36(44)32(34)24-10-2-8-16-30(24)38(42)46/h1-16,39-40H,17-22H2. The van der Waals surface area contributed by atoms with E-state index in [2.05, 4.69) is 10.6 Å². The highest BCUT2D eigenvalue weighted by Gasteiger charge is 2.33. The number of rotatable bonds is 9. The average molecular weight is 607 g/mol. The molecule has 46 heavy (non-hydrogen) atoms. The molecule has 8 heteroatoms. The van der Waals surface area contributed by atoms with Gasteiger partial charge in [0, 0.05) is 83.1 Å². The zero-order chi connectivity index (χ0) is 31.4. The lowest BCUT2D eigenvalue weighted by Crippen LogP contribution is -2.34. The van der Waals surface area contributed by atoms with Gasteiger partial charge in [-0.3, -0.25) is 19.2 Å². The first-order chi connectivity index (χ1) is 22.6. The summed E-state index contributed by atoms with van der Waals surface area (Å²) in [5, 5.41) is 9.30. The molecule has 2 aromatic heterocycles. The van der Waals surface area contributed by atoms with Crippen LogP contribution < -0.4 is 21.8 Å². The van der Waals surface area contributed by atoms with Crippen LogP contribution in [0.1, 0.15) is 31.8 Å². The number of carbonyl (C=O) groups excluding carboxylic acids is 2. The van der Waals surface area contributed by atoms with E-state index >= 15 is 0 Å². The fraction of sp³-hybridized carbons (Fsp3) is 0.158.